The van der Waals surface area contributed by atoms with Crippen molar-refractivity contribution in [3.63, 3.8) is 0 Å². The van der Waals surface area contributed by atoms with Gasteiger partial charge in [-0.3, -0.25) is 0 Å². The molecular weight excluding hydrogens is 387 g/mol. The highest BCUT2D eigenvalue weighted by molar-refractivity contribution is 5.23. The summed E-state index contributed by atoms with van der Waals surface area (Å²) in [6, 6.07) is 13.9. The molecule has 3 saturated heterocycles. The van der Waals surface area contributed by atoms with E-state index in [0.717, 1.165) is 48.8 Å². The molecule has 0 radical (unpaired) electrons. The monoisotopic (exact) mass is 414 g/mol. The van der Waals surface area contributed by atoms with Crippen LogP contribution in [0, 0.1) is 11.7 Å². The fraction of sp³-hybridized carbons (Fsp3) is 0.500. The van der Waals surface area contributed by atoms with Gasteiger partial charge in [0.25, 0.3) is 0 Å². The average Bonchev–Trinajstić information content (AvgIpc) is 3.05. The fourth-order valence-corrected chi connectivity index (χ4v) is 5.04. The molecule has 0 amide bonds. The Kier molecular flexibility index (Phi) is 5.37. The number of ether oxygens (including phenoxy) is 2. The molecule has 5 nitrogen and oxygen atoms in total. The molecule has 1 aliphatic carbocycles. The molecule has 2 aromatic carbocycles. The van der Waals surface area contributed by atoms with Gasteiger partial charge >= 0.3 is 0 Å². The fourth-order valence-electron chi connectivity index (χ4n) is 5.04. The second kappa shape index (κ2) is 8.02. The summed E-state index contributed by atoms with van der Waals surface area (Å²) in [5, 5.41) is 9.24. The van der Waals surface area contributed by atoms with Gasteiger partial charge in [-0.25, -0.2) is 9.28 Å². The van der Waals surface area contributed by atoms with E-state index in [1.54, 1.807) is 12.1 Å². The molecule has 4 aliphatic rings. The van der Waals surface area contributed by atoms with Crippen molar-refractivity contribution in [3.8, 4) is 0 Å². The van der Waals surface area contributed by atoms with E-state index in [1.165, 1.54) is 12.1 Å². The summed E-state index contributed by atoms with van der Waals surface area (Å²) in [6.45, 7) is 0.386. The van der Waals surface area contributed by atoms with Crippen LogP contribution in [0.2, 0.25) is 0 Å². The van der Waals surface area contributed by atoms with Crippen molar-refractivity contribution < 1.29 is 28.7 Å². The number of fused-ring (bicyclic) bond motifs is 3. The van der Waals surface area contributed by atoms with E-state index < -0.39 is 17.7 Å². The first-order chi connectivity index (χ1) is 14.6. The molecule has 1 saturated carbocycles. The summed E-state index contributed by atoms with van der Waals surface area (Å²) in [5.74, 6) is -1.11. The van der Waals surface area contributed by atoms with Gasteiger partial charge in [-0.05, 0) is 48.4 Å². The molecule has 1 spiro atoms. The number of aliphatic hydroxyl groups excluding tert-OH is 1. The van der Waals surface area contributed by atoms with E-state index in [1.807, 2.05) is 24.3 Å². The summed E-state index contributed by atoms with van der Waals surface area (Å²) >= 11 is 0. The zero-order valence-electron chi connectivity index (χ0n) is 16.9. The molecule has 6 rings (SSSR count). The zero-order chi connectivity index (χ0) is 20.6. The molecule has 2 bridgehead atoms. The third-order valence-corrected chi connectivity index (χ3v) is 6.80. The SMILES string of the molecule is OCc1ccc(COC2O[C@@]3(c4ccc(F)cc4)CC[C@H]4CCCC[C@@]24OO3)cc1. The molecule has 3 heterocycles. The number of hydrogen-bond acceptors (Lipinski definition) is 5. The zero-order valence-corrected chi connectivity index (χ0v) is 16.9. The van der Waals surface area contributed by atoms with Gasteiger partial charge in [-0.1, -0.05) is 49.2 Å². The molecule has 6 heteroatoms. The van der Waals surface area contributed by atoms with E-state index >= 15 is 0 Å². The number of benzene rings is 2. The van der Waals surface area contributed by atoms with Crippen LogP contribution in [0.15, 0.2) is 48.5 Å². The summed E-state index contributed by atoms with van der Waals surface area (Å²) in [6.07, 6.45) is 5.04. The molecule has 4 fully saturated rings. The van der Waals surface area contributed by atoms with Gasteiger partial charge < -0.3 is 14.6 Å². The average molecular weight is 414 g/mol. The molecule has 0 aromatic heterocycles. The Morgan fingerprint density at radius 1 is 0.933 bits per heavy atom. The number of aliphatic hydroxyl groups is 1. The van der Waals surface area contributed by atoms with Crippen LogP contribution < -0.4 is 0 Å². The summed E-state index contributed by atoms with van der Waals surface area (Å²) in [4.78, 5) is 12.1. The molecule has 3 aliphatic heterocycles. The minimum Gasteiger partial charge on any atom is -0.392 e. The van der Waals surface area contributed by atoms with Crippen LogP contribution in [0.5, 0.6) is 0 Å². The summed E-state index contributed by atoms with van der Waals surface area (Å²) < 4.78 is 26.3. The van der Waals surface area contributed by atoms with Crippen molar-refractivity contribution >= 4 is 0 Å². The summed E-state index contributed by atoms with van der Waals surface area (Å²) in [7, 11) is 0. The molecule has 1 N–H and O–H groups in total. The number of rotatable bonds is 5. The Balaban J connectivity index is 1.43. The Bertz CT molecular complexity index is 866. The van der Waals surface area contributed by atoms with Gasteiger partial charge in [-0.15, -0.1) is 0 Å². The third-order valence-electron chi connectivity index (χ3n) is 6.80. The number of hydrogen-bond donors (Lipinski definition) is 1. The van der Waals surface area contributed by atoms with Crippen LogP contribution in [0.4, 0.5) is 4.39 Å². The predicted octanol–water partition coefficient (Wildman–Crippen LogP) is 4.71. The van der Waals surface area contributed by atoms with Gasteiger partial charge in [0, 0.05) is 12.0 Å². The first-order valence-corrected chi connectivity index (χ1v) is 10.7. The van der Waals surface area contributed by atoms with Crippen molar-refractivity contribution in [1.29, 1.82) is 0 Å². The standard InChI is InChI=1S/C24H27FO5/c25-21-10-8-20(9-11-21)24-14-12-19-3-1-2-13-23(19,29-30-24)22(28-24)27-16-18-6-4-17(15-26)5-7-18/h4-11,19,22,26H,1-3,12-16H2/t19-,22?,23+,24+/m1/s1. The van der Waals surface area contributed by atoms with Crippen LogP contribution in [0.3, 0.4) is 0 Å². The van der Waals surface area contributed by atoms with Crippen molar-refractivity contribution in [1.82, 2.24) is 0 Å². The highest BCUT2D eigenvalue weighted by Crippen LogP contribution is 2.55. The largest absolute Gasteiger partial charge is 0.392 e. The molecular formula is C24H27FO5. The van der Waals surface area contributed by atoms with Gasteiger partial charge in [0.2, 0.25) is 5.79 Å². The normalized spacial score (nSPS) is 33.1. The molecule has 1 unspecified atom stereocenters. The minimum absolute atomic E-state index is 0.0169. The maximum atomic E-state index is 13.5. The predicted molar refractivity (Wildman–Crippen MR) is 106 cm³/mol. The third kappa shape index (κ3) is 3.47. The van der Waals surface area contributed by atoms with Crippen molar-refractivity contribution in [2.24, 2.45) is 5.92 Å². The Labute approximate surface area is 175 Å². The van der Waals surface area contributed by atoms with Crippen molar-refractivity contribution in [3.05, 3.63) is 71.0 Å². The lowest BCUT2D eigenvalue weighted by molar-refractivity contribution is -0.561. The highest BCUT2D eigenvalue weighted by Gasteiger charge is 2.62. The topological polar surface area (TPSA) is 57.2 Å². The molecule has 160 valence electrons. The van der Waals surface area contributed by atoms with Crippen LogP contribution in [-0.4, -0.2) is 17.0 Å². The Morgan fingerprint density at radius 3 is 2.47 bits per heavy atom. The second-order valence-corrected chi connectivity index (χ2v) is 8.60. The lowest BCUT2D eigenvalue weighted by atomic mass is 9.73. The van der Waals surface area contributed by atoms with Crippen LogP contribution >= 0.6 is 0 Å². The van der Waals surface area contributed by atoms with Crippen LogP contribution in [0.25, 0.3) is 0 Å². The Morgan fingerprint density at radius 2 is 1.70 bits per heavy atom. The quantitative estimate of drug-likeness (QED) is 0.718. The van der Waals surface area contributed by atoms with E-state index in [9.17, 15) is 9.50 Å². The van der Waals surface area contributed by atoms with E-state index in [4.69, 9.17) is 19.2 Å². The minimum atomic E-state index is -1.10. The highest BCUT2D eigenvalue weighted by atomic mass is 19.1. The molecule has 4 atom stereocenters. The van der Waals surface area contributed by atoms with E-state index in [2.05, 4.69) is 0 Å². The van der Waals surface area contributed by atoms with Gasteiger partial charge in [0.1, 0.15) is 5.82 Å². The Hall–Kier alpha value is -1.83. The van der Waals surface area contributed by atoms with Crippen molar-refractivity contribution in [2.75, 3.05) is 0 Å². The first kappa shape index (κ1) is 20.1. The first-order valence-electron chi connectivity index (χ1n) is 10.7. The summed E-state index contributed by atoms with van der Waals surface area (Å²) in [5.41, 5.74) is 1.97. The maximum Gasteiger partial charge on any atom is 0.230 e. The second-order valence-electron chi connectivity index (χ2n) is 8.60. The molecule has 30 heavy (non-hydrogen) atoms. The van der Waals surface area contributed by atoms with E-state index in [-0.39, 0.29) is 18.3 Å². The smallest absolute Gasteiger partial charge is 0.230 e. The maximum absolute atomic E-state index is 13.5. The van der Waals surface area contributed by atoms with E-state index in [0.29, 0.717) is 13.0 Å². The number of halogens is 1. The van der Waals surface area contributed by atoms with Gasteiger partial charge in [0.15, 0.2) is 11.9 Å². The van der Waals surface area contributed by atoms with Crippen LogP contribution in [-0.2, 0) is 38.2 Å². The lowest BCUT2D eigenvalue weighted by Gasteiger charge is -2.50. The van der Waals surface area contributed by atoms with Crippen molar-refractivity contribution in [2.45, 2.75) is 69.4 Å². The van der Waals surface area contributed by atoms with Gasteiger partial charge in [-0.2, -0.15) is 4.89 Å². The molecule has 2 aromatic rings. The lowest BCUT2D eigenvalue weighted by Crippen LogP contribution is -2.59. The van der Waals surface area contributed by atoms with Crippen LogP contribution in [0.1, 0.15) is 55.2 Å². The van der Waals surface area contributed by atoms with Gasteiger partial charge in [0.05, 0.1) is 13.2 Å².